The van der Waals surface area contributed by atoms with Crippen LogP contribution < -0.4 is 10.1 Å². The molecule has 6 nitrogen and oxygen atoms in total. The van der Waals surface area contributed by atoms with E-state index in [-0.39, 0.29) is 12.5 Å². The second-order valence-corrected chi connectivity index (χ2v) is 5.68. The van der Waals surface area contributed by atoms with Crippen molar-refractivity contribution in [2.45, 2.75) is 13.3 Å². The normalized spacial score (nSPS) is 10.5. The highest BCUT2D eigenvalue weighted by molar-refractivity contribution is 6.30. The first-order valence-corrected chi connectivity index (χ1v) is 8.13. The number of anilines is 1. The molecule has 0 radical (unpaired) electrons. The molecule has 3 rings (SSSR count). The van der Waals surface area contributed by atoms with Gasteiger partial charge in [-0.1, -0.05) is 29.7 Å². The fourth-order valence-corrected chi connectivity index (χ4v) is 2.24. The molecule has 0 saturated carbocycles. The molecule has 0 aliphatic carbocycles. The van der Waals surface area contributed by atoms with Gasteiger partial charge in [-0.2, -0.15) is 4.98 Å². The van der Waals surface area contributed by atoms with Gasteiger partial charge >= 0.3 is 0 Å². The maximum atomic E-state index is 12.0. The summed E-state index contributed by atoms with van der Waals surface area (Å²) in [6.45, 7) is 1.84. The first kappa shape index (κ1) is 17.0. The molecule has 0 bridgehead atoms. The Morgan fingerprint density at radius 3 is 2.76 bits per heavy atom. The lowest BCUT2D eigenvalue weighted by atomic mass is 10.2. The summed E-state index contributed by atoms with van der Waals surface area (Å²) in [7, 11) is 0. The molecule has 7 heteroatoms. The third-order valence-electron chi connectivity index (χ3n) is 3.36. The molecule has 1 N–H and O–H groups in total. The molecule has 0 aliphatic heterocycles. The predicted molar refractivity (Wildman–Crippen MR) is 94.7 cm³/mol. The zero-order chi connectivity index (χ0) is 17.6. The monoisotopic (exact) mass is 357 g/mol. The summed E-state index contributed by atoms with van der Waals surface area (Å²) < 4.78 is 10.7. The van der Waals surface area contributed by atoms with Gasteiger partial charge in [0.2, 0.25) is 0 Å². The highest BCUT2D eigenvalue weighted by Gasteiger charge is 2.09. The molecule has 0 aliphatic rings. The number of amides is 1. The summed E-state index contributed by atoms with van der Waals surface area (Å²) in [4.78, 5) is 16.2. The van der Waals surface area contributed by atoms with Crippen LogP contribution in [0.15, 0.2) is 53.1 Å². The summed E-state index contributed by atoms with van der Waals surface area (Å²) in [5, 5.41) is 7.21. The number of aromatic nitrogens is 2. The van der Waals surface area contributed by atoms with E-state index in [1.807, 2.05) is 13.0 Å². The molecule has 1 heterocycles. The minimum atomic E-state index is -0.265. The summed E-state index contributed by atoms with van der Waals surface area (Å²) in [6, 6.07) is 14.0. The standard InChI is InChI=1S/C18H16ClN3O3/c1-2-16-21-18(25-22-16)12-4-3-5-15(10-12)24-11-17(23)20-14-8-6-13(19)7-9-14/h3-10H,2,11H2,1H3,(H,20,23). The molecule has 128 valence electrons. The first-order chi connectivity index (χ1) is 12.1. The van der Waals surface area contributed by atoms with Gasteiger partial charge in [-0.3, -0.25) is 4.79 Å². The zero-order valence-electron chi connectivity index (χ0n) is 13.5. The largest absolute Gasteiger partial charge is 0.484 e. The van der Waals surface area contributed by atoms with E-state index in [0.29, 0.717) is 34.6 Å². The Bertz CT molecular complexity index is 862. The zero-order valence-corrected chi connectivity index (χ0v) is 14.3. The molecule has 0 saturated heterocycles. The van der Waals surface area contributed by atoms with Crippen LogP contribution in [0.2, 0.25) is 5.02 Å². The summed E-state index contributed by atoms with van der Waals surface area (Å²) >= 11 is 5.81. The molecule has 0 unspecified atom stereocenters. The summed E-state index contributed by atoms with van der Waals surface area (Å²) in [6.07, 6.45) is 0.699. The highest BCUT2D eigenvalue weighted by Crippen LogP contribution is 2.22. The molecule has 1 aromatic heterocycles. The Labute approximate surface area is 149 Å². The number of aryl methyl sites for hydroxylation is 1. The van der Waals surface area contributed by atoms with Gasteiger partial charge in [0.25, 0.3) is 11.8 Å². The van der Waals surface area contributed by atoms with Gasteiger partial charge in [0, 0.05) is 22.7 Å². The van der Waals surface area contributed by atoms with Crippen LogP contribution in [0.5, 0.6) is 5.75 Å². The fourth-order valence-electron chi connectivity index (χ4n) is 2.11. The smallest absolute Gasteiger partial charge is 0.262 e. The number of carbonyl (C=O) groups is 1. The van der Waals surface area contributed by atoms with E-state index in [1.165, 1.54) is 0 Å². The fraction of sp³-hybridized carbons (Fsp3) is 0.167. The van der Waals surface area contributed by atoms with Gasteiger partial charge in [-0.15, -0.1) is 0 Å². The molecule has 1 amide bonds. The Kier molecular flexibility index (Phi) is 5.30. The van der Waals surface area contributed by atoms with Gasteiger partial charge < -0.3 is 14.6 Å². The Morgan fingerprint density at radius 2 is 2.04 bits per heavy atom. The molecule has 0 atom stereocenters. The quantitative estimate of drug-likeness (QED) is 0.722. The number of nitrogens with zero attached hydrogens (tertiary/aromatic N) is 2. The number of carbonyl (C=O) groups excluding carboxylic acids is 1. The van der Waals surface area contributed by atoms with Crippen molar-refractivity contribution in [3.63, 3.8) is 0 Å². The lowest BCUT2D eigenvalue weighted by Gasteiger charge is -2.08. The van der Waals surface area contributed by atoms with Crippen LogP contribution in [0, 0.1) is 0 Å². The highest BCUT2D eigenvalue weighted by atomic mass is 35.5. The van der Waals surface area contributed by atoms with Crippen molar-refractivity contribution in [2.75, 3.05) is 11.9 Å². The van der Waals surface area contributed by atoms with Crippen molar-refractivity contribution >= 4 is 23.2 Å². The number of rotatable bonds is 6. The van der Waals surface area contributed by atoms with Crippen molar-refractivity contribution in [3.8, 4) is 17.2 Å². The number of halogens is 1. The van der Waals surface area contributed by atoms with Crippen LogP contribution in [-0.2, 0) is 11.2 Å². The minimum Gasteiger partial charge on any atom is -0.484 e. The van der Waals surface area contributed by atoms with Crippen molar-refractivity contribution in [3.05, 3.63) is 59.4 Å². The van der Waals surface area contributed by atoms with Crippen LogP contribution in [0.4, 0.5) is 5.69 Å². The minimum absolute atomic E-state index is 0.115. The average Bonchev–Trinajstić information content (AvgIpc) is 3.11. The maximum absolute atomic E-state index is 12.0. The molecule has 2 aromatic carbocycles. The van der Waals surface area contributed by atoms with E-state index in [1.54, 1.807) is 42.5 Å². The average molecular weight is 358 g/mol. The van der Waals surface area contributed by atoms with Crippen LogP contribution in [0.25, 0.3) is 11.5 Å². The number of hydrogen-bond donors (Lipinski definition) is 1. The van der Waals surface area contributed by atoms with Crippen molar-refractivity contribution in [2.24, 2.45) is 0 Å². The molecule has 25 heavy (non-hydrogen) atoms. The van der Waals surface area contributed by atoms with Gasteiger partial charge in [0.05, 0.1) is 0 Å². The lowest BCUT2D eigenvalue weighted by molar-refractivity contribution is -0.118. The Morgan fingerprint density at radius 1 is 1.24 bits per heavy atom. The van der Waals surface area contributed by atoms with Crippen molar-refractivity contribution < 1.29 is 14.1 Å². The molecular formula is C18H16ClN3O3. The number of hydrogen-bond acceptors (Lipinski definition) is 5. The van der Waals surface area contributed by atoms with Crippen molar-refractivity contribution in [1.29, 1.82) is 0 Å². The SMILES string of the molecule is CCc1noc(-c2cccc(OCC(=O)Nc3ccc(Cl)cc3)c2)n1. The number of ether oxygens (including phenoxy) is 1. The lowest BCUT2D eigenvalue weighted by Crippen LogP contribution is -2.20. The second kappa shape index (κ2) is 7.81. The Hall–Kier alpha value is -2.86. The van der Waals surface area contributed by atoms with Gasteiger partial charge in [-0.25, -0.2) is 0 Å². The summed E-state index contributed by atoms with van der Waals surface area (Å²) in [5.74, 6) is 1.34. The predicted octanol–water partition coefficient (Wildman–Crippen LogP) is 3.97. The van der Waals surface area contributed by atoms with Crippen LogP contribution in [0.3, 0.4) is 0 Å². The van der Waals surface area contributed by atoms with Gasteiger partial charge in [-0.05, 0) is 42.5 Å². The van der Waals surface area contributed by atoms with Crippen LogP contribution in [0.1, 0.15) is 12.7 Å². The second-order valence-electron chi connectivity index (χ2n) is 5.24. The number of benzene rings is 2. The van der Waals surface area contributed by atoms with E-state index in [2.05, 4.69) is 15.5 Å². The van der Waals surface area contributed by atoms with Crippen LogP contribution >= 0.6 is 11.6 Å². The molecule has 0 fully saturated rings. The molecule has 3 aromatic rings. The first-order valence-electron chi connectivity index (χ1n) is 7.75. The van der Waals surface area contributed by atoms with E-state index < -0.39 is 0 Å². The molecular weight excluding hydrogens is 342 g/mol. The topological polar surface area (TPSA) is 77.2 Å². The van der Waals surface area contributed by atoms with E-state index >= 15 is 0 Å². The van der Waals surface area contributed by atoms with E-state index in [4.69, 9.17) is 20.9 Å². The van der Waals surface area contributed by atoms with Gasteiger partial charge in [0.1, 0.15) is 5.75 Å². The maximum Gasteiger partial charge on any atom is 0.262 e. The van der Waals surface area contributed by atoms with Gasteiger partial charge in [0.15, 0.2) is 12.4 Å². The van der Waals surface area contributed by atoms with E-state index in [9.17, 15) is 4.79 Å². The Balaban J connectivity index is 1.60. The third kappa shape index (κ3) is 4.58. The molecule has 0 spiro atoms. The summed E-state index contributed by atoms with van der Waals surface area (Å²) in [5.41, 5.74) is 1.40. The van der Waals surface area contributed by atoms with E-state index in [0.717, 1.165) is 5.56 Å². The van der Waals surface area contributed by atoms with Crippen molar-refractivity contribution in [1.82, 2.24) is 10.1 Å². The van der Waals surface area contributed by atoms with Crippen LogP contribution in [-0.4, -0.2) is 22.7 Å². The third-order valence-corrected chi connectivity index (χ3v) is 3.62. The number of nitrogens with one attached hydrogen (secondary N) is 1.